The lowest BCUT2D eigenvalue weighted by molar-refractivity contribution is -0.698. The quantitative estimate of drug-likeness (QED) is 0.108. The zero-order valence-corrected chi connectivity index (χ0v) is 24.5. The third-order valence-electron chi connectivity index (χ3n) is 6.54. The number of benzene rings is 2. The first-order valence-electron chi connectivity index (χ1n) is 13.2. The van der Waals surface area contributed by atoms with Crippen molar-refractivity contribution in [3.63, 3.8) is 0 Å². The fourth-order valence-corrected chi connectivity index (χ4v) is 5.36. The summed E-state index contributed by atoms with van der Waals surface area (Å²) in [5, 5.41) is 11.5. The number of rotatable bonds is 15. The van der Waals surface area contributed by atoms with Gasteiger partial charge >= 0.3 is 0 Å². The van der Waals surface area contributed by atoms with Crippen LogP contribution in [0.1, 0.15) is 62.5 Å². The van der Waals surface area contributed by atoms with Crippen LogP contribution in [0.3, 0.4) is 0 Å². The van der Waals surface area contributed by atoms with Gasteiger partial charge in [-0.25, -0.2) is 9.13 Å². The summed E-state index contributed by atoms with van der Waals surface area (Å²) < 4.78 is 8.11. The van der Waals surface area contributed by atoms with E-state index in [0.29, 0.717) is 33.2 Å². The monoisotopic (exact) mass is 594 g/mol. The number of aryl methyl sites for hydroxylation is 2. The van der Waals surface area contributed by atoms with Crippen molar-refractivity contribution in [3.8, 4) is 0 Å². The molecular formula is C28H34Cl4N6+2. The van der Waals surface area contributed by atoms with Gasteiger partial charge in [0, 0.05) is 41.4 Å². The third-order valence-corrected chi connectivity index (χ3v) is 7.71. The third kappa shape index (κ3) is 9.26. The number of unbranched alkanes of at least 4 members (excludes halogenated alkanes) is 7. The van der Waals surface area contributed by atoms with Gasteiger partial charge in [-0.3, -0.25) is 0 Å². The molecule has 0 atom stereocenters. The van der Waals surface area contributed by atoms with Crippen LogP contribution in [-0.4, -0.2) is 19.6 Å². The standard InChI is InChI=1S/C28H34Cl4N6/c29-25-11-9-23(27(31)15-25)17-37-21-35(19-33-37)13-7-5-3-1-2-4-6-8-14-36-20-34-38(22-36)18-24-10-12-26(30)16-28(24)32/h9-12,15-16,19-22H,1-8,13-14,17-18H2/q+2. The molecule has 0 unspecified atom stereocenters. The molecule has 0 amide bonds. The Morgan fingerprint density at radius 1 is 0.553 bits per heavy atom. The molecule has 4 aromatic rings. The van der Waals surface area contributed by atoms with Crippen molar-refractivity contribution in [3.05, 3.63) is 92.9 Å². The van der Waals surface area contributed by atoms with E-state index in [1.807, 2.05) is 58.9 Å². The maximum atomic E-state index is 6.28. The largest absolute Gasteiger partial charge is 0.265 e. The Hall–Kier alpha value is -2.12. The zero-order chi connectivity index (χ0) is 26.7. The second-order valence-electron chi connectivity index (χ2n) is 9.66. The molecular weight excluding hydrogens is 562 g/mol. The molecule has 0 saturated carbocycles. The predicted molar refractivity (Wildman–Crippen MR) is 153 cm³/mol. The number of halogens is 4. The molecule has 10 heteroatoms. The van der Waals surface area contributed by atoms with Crippen LogP contribution in [0.25, 0.3) is 0 Å². The zero-order valence-electron chi connectivity index (χ0n) is 21.5. The minimum Gasteiger partial charge on any atom is -0.237 e. The van der Waals surface area contributed by atoms with Crippen LogP contribution in [-0.2, 0) is 26.2 Å². The van der Waals surface area contributed by atoms with Crippen molar-refractivity contribution >= 4 is 46.4 Å². The first-order valence-corrected chi connectivity index (χ1v) is 14.7. The van der Waals surface area contributed by atoms with Gasteiger partial charge in [-0.2, -0.15) is 0 Å². The van der Waals surface area contributed by atoms with Crippen molar-refractivity contribution in [1.82, 2.24) is 19.6 Å². The minimum absolute atomic E-state index is 0.641. The van der Waals surface area contributed by atoms with Crippen LogP contribution < -0.4 is 9.13 Å². The van der Waals surface area contributed by atoms with E-state index < -0.39 is 0 Å². The Kier molecular flexibility index (Phi) is 11.3. The number of aromatic nitrogens is 6. The molecule has 2 aromatic carbocycles. The summed E-state index contributed by atoms with van der Waals surface area (Å²) in [6.07, 6.45) is 17.8. The van der Waals surface area contributed by atoms with Crippen molar-refractivity contribution in [2.45, 2.75) is 77.5 Å². The Balaban J connectivity index is 1.02. The summed E-state index contributed by atoms with van der Waals surface area (Å²) in [4.78, 5) is 0. The lowest BCUT2D eigenvalue weighted by Crippen LogP contribution is -2.31. The highest BCUT2D eigenvalue weighted by Gasteiger charge is 2.11. The predicted octanol–water partition coefficient (Wildman–Crippen LogP) is 7.19. The van der Waals surface area contributed by atoms with Gasteiger partial charge in [0.05, 0.1) is 13.1 Å². The minimum atomic E-state index is 0.641. The molecule has 0 bridgehead atoms. The summed E-state index contributed by atoms with van der Waals surface area (Å²) in [6, 6.07) is 11.2. The van der Waals surface area contributed by atoms with Crippen molar-refractivity contribution in [1.29, 1.82) is 0 Å². The van der Waals surface area contributed by atoms with Crippen LogP contribution in [0.2, 0.25) is 20.1 Å². The second kappa shape index (κ2) is 14.9. The summed E-state index contributed by atoms with van der Waals surface area (Å²) in [5.41, 5.74) is 2.03. The lowest BCUT2D eigenvalue weighted by atomic mass is 10.1. The van der Waals surface area contributed by atoms with Crippen molar-refractivity contribution < 1.29 is 9.13 Å². The number of hydrogen-bond donors (Lipinski definition) is 0. The van der Waals surface area contributed by atoms with Gasteiger partial charge in [0.25, 0.3) is 12.7 Å². The Morgan fingerprint density at radius 3 is 1.34 bits per heavy atom. The van der Waals surface area contributed by atoms with Gasteiger partial charge < -0.3 is 0 Å². The highest BCUT2D eigenvalue weighted by molar-refractivity contribution is 6.35. The maximum absolute atomic E-state index is 6.28. The Bertz CT molecular complexity index is 1200. The molecule has 0 saturated heterocycles. The molecule has 0 N–H and O–H groups in total. The fourth-order valence-electron chi connectivity index (χ4n) is 4.42. The highest BCUT2D eigenvalue weighted by Crippen LogP contribution is 2.22. The van der Waals surface area contributed by atoms with E-state index in [-0.39, 0.29) is 0 Å². The topological polar surface area (TPSA) is 43.4 Å². The number of hydrogen-bond acceptors (Lipinski definition) is 2. The van der Waals surface area contributed by atoms with E-state index in [9.17, 15) is 0 Å². The van der Waals surface area contributed by atoms with Gasteiger partial charge in [0.15, 0.2) is 0 Å². The highest BCUT2D eigenvalue weighted by atomic mass is 35.5. The van der Waals surface area contributed by atoms with E-state index in [2.05, 4.69) is 19.3 Å². The summed E-state index contributed by atoms with van der Waals surface area (Å²) >= 11 is 24.5. The van der Waals surface area contributed by atoms with Crippen LogP contribution in [0.5, 0.6) is 0 Å². The summed E-state index contributed by atoms with van der Waals surface area (Å²) in [6.45, 7) is 3.26. The van der Waals surface area contributed by atoms with Gasteiger partial charge in [0.1, 0.15) is 13.1 Å². The van der Waals surface area contributed by atoms with Crippen molar-refractivity contribution in [2.24, 2.45) is 0 Å². The molecule has 6 nitrogen and oxygen atoms in total. The van der Waals surface area contributed by atoms with E-state index in [4.69, 9.17) is 46.4 Å². The molecule has 0 aliphatic carbocycles. The van der Waals surface area contributed by atoms with E-state index in [1.165, 1.54) is 51.4 Å². The molecule has 202 valence electrons. The summed E-state index contributed by atoms with van der Waals surface area (Å²) in [7, 11) is 0. The van der Waals surface area contributed by atoms with Gasteiger partial charge in [-0.1, -0.05) is 97.1 Å². The molecule has 0 spiro atoms. The smallest absolute Gasteiger partial charge is 0.237 e. The number of nitrogens with zero attached hydrogens (tertiary/aromatic N) is 6. The van der Waals surface area contributed by atoms with E-state index in [1.54, 1.807) is 12.1 Å². The van der Waals surface area contributed by atoms with Crippen LogP contribution >= 0.6 is 46.4 Å². The lowest BCUT2D eigenvalue weighted by Gasteiger charge is -2.02. The molecule has 0 fully saturated rings. The van der Waals surface area contributed by atoms with E-state index >= 15 is 0 Å². The summed E-state index contributed by atoms with van der Waals surface area (Å²) in [5.74, 6) is 0. The van der Waals surface area contributed by atoms with E-state index in [0.717, 1.165) is 24.2 Å². The second-order valence-corrected chi connectivity index (χ2v) is 11.4. The van der Waals surface area contributed by atoms with Gasteiger partial charge in [-0.15, -0.1) is 9.36 Å². The van der Waals surface area contributed by atoms with Gasteiger partial charge in [-0.05, 0) is 37.1 Å². The Labute approximate surface area is 244 Å². The maximum Gasteiger partial charge on any atom is 0.265 e. The van der Waals surface area contributed by atoms with Gasteiger partial charge in [0.2, 0.25) is 12.7 Å². The molecule has 2 aromatic heterocycles. The van der Waals surface area contributed by atoms with Crippen LogP contribution in [0, 0.1) is 0 Å². The molecule has 38 heavy (non-hydrogen) atoms. The Morgan fingerprint density at radius 2 is 0.947 bits per heavy atom. The SMILES string of the molecule is Clc1ccc(Cn2c[n+](CCCCCCCCCC[n+]3cnn(Cc4ccc(Cl)cc4Cl)c3)cn2)c(Cl)c1. The van der Waals surface area contributed by atoms with Crippen LogP contribution in [0.15, 0.2) is 61.7 Å². The first-order chi connectivity index (χ1) is 18.5. The molecule has 0 aliphatic rings. The molecule has 0 radical (unpaired) electrons. The molecule has 4 rings (SSSR count). The average molecular weight is 596 g/mol. The average Bonchev–Trinajstić information content (AvgIpc) is 3.53. The van der Waals surface area contributed by atoms with Crippen LogP contribution in [0.4, 0.5) is 0 Å². The first kappa shape index (κ1) is 28.9. The normalized spacial score (nSPS) is 11.4. The molecule has 0 aliphatic heterocycles. The molecule has 2 heterocycles. The fraction of sp³-hybridized carbons (Fsp3) is 0.429. The van der Waals surface area contributed by atoms with Crippen molar-refractivity contribution in [2.75, 3.05) is 0 Å².